The van der Waals surface area contributed by atoms with Gasteiger partial charge in [-0.1, -0.05) is 5.16 Å². The molecular weight excluding hydrogens is 200 g/mol. The average Bonchev–Trinajstić information content (AvgIpc) is 2.85. The van der Waals surface area contributed by atoms with Crippen LogP contribution in [0, 0.1) is 0 Å². The van der Waals surface area contributed by atoms with Crippen molar-refractivity contribution >= 4 is 11.8 Å². The number of rotatable bonds is 1. The fourth-order valence-electron chi connectivity index (χ4n) is 1.55. The third-order valence-corrected chi connectivity index (χ3v) is 3.18. The molecule has 0 unspecified atom stereocenters. The summed E-state index contributed by atoms with van der Waals surface area (Å²) in [5.74, 6) is 2.66. The Morgan fingerprint density at radius 2 is 2.50 bits per heavy atom. The molecule has 0 aromatic carbocycles. The first kappa shape index (κ1) is 8.05. The molecule has 0 fully saturated rings. The molecule has 0 spiro atoms. The van der Waals surface area contributed by atoms with E-state index in [1.54, 1.807) is 6.20 Å². The van der Waals surface area contributed by atoms with Gasteiger partial charge in [0.25, 0.3) is 5.89 Å². The molecule has 0 atom stereocenters. The van der Waals surface area contributed by atoms with E-state index in [4.69, 9.17) is 4.52 Å². The van der Waals surface area contributed by atoms with Crippen LogP contribution in [0.5, 0.6) is 0 Å². The number of fused-ring (bicyclic) bond motifs is 1. The normalized spacial score (nSPS) is 15.4. The molecule has 0 bridgehead atoms. The van der Waals surface area contributed by atoms with Crippen LogP contribution in [0.1, 0.15) is 5.69 Å². The van der Waals surface area contributed by atoms with Crippen molar-refractivity contribution < 1.29 is 4.52 Å². The molecule has 6 heteroatoms. The largest absolute Gasteiger partial charge is 0.334 e. The van der Waals surface area contributed by atoms with Gasteiger partial charge < -0.3 is 4.52 Å². The predicted molar refractivity (Wildman–Crippen MR) is 51.7 cm³/mol. The fraction of sp³-hybridized carbons (Fsp3) is 0.375. The Hall–Kier alpha value is -1.30. The zero-order valence-corrected chi connectivity index (χ0v) is 8.20. The Balaban J connectivity index is 2.11. The van der Waals surface area contributed by atoms with Crippen molar-refractivity contribution in [3.63, 3.8) is 0 Å². The van der Waals surface area contributed by atoms with Crippen molar-refractivity contribution in [2.75, 3.05) is 5.75 Å². The quantitative estimate of drug-likeness (QED) is 0.704. The highest BCUT2D eigenvalue weighted by Gasteiger charge is 2.18. The molecule has 0 N–H and O–H groups in total. The number of aromatic nitrogens is 4. The molecule has 72 valence electrons. The van der Waals surface area contributed by atoms with Gasteiger partial charge in [0.15, 0.2) is 6.33 Å². The van der Waals surface area contributed by atoms with E-state index in [0.717, 1.165) is 23.6 Å². The number of hydrogen-bond donors (Lipinski definition) is 0. The number of aryl methyl sites for hydroxylation is 1. The van der Waals surface area contributed by atoms with Gasteiger partial charge in [0, 0.05) is 11.5 Å². The van der Waals surface area contributed by atoms with E-state index in [1.807, 2.05) is 16.4 Å². The Bertz CT molecular complexity index is 436. The molecule has 0 saturated heterocycles. The first-order chi connectivity index (χ1) is 6.95. The van der Waals surface area contributed by atoms with E-state index in [-0.39, 0.29) is 0 Å². The van der Waals surface area contributed by atoms with Gasteiger partial charge in [-0.25, -0.2) is 0 Å². The lowest BCUT2D eigenvalue weighted by Crippen LogP contribution is -2.11. The van der Waals surface area contributed by atoms with Gasteiger partial charge in [-0.05, 0) is 0 Å². The molecule has 0 aliphatic carbocycles. The fourth-order valence-corrected chi connectivity index (χ4v) is 2.49. The minimum atomic E-state index is 0.564. The molecule has 3 rings (SSSR count). The van der Waals surface area contributed by atoms with Crippen LogP contribution in [0.2, 0.25) is 0 Å². The van der Waals surface area contributed by atoms with Gasteiger partial charge in [0.05, 0.1) is 24.0 Å². The number of thioether (sulfide) groups is 1. The molecule has 5 nitrogen and oxygen atoms in total. The summed E-state index contributed by atoms with van der Waals surface area (Å²) in [6.07, 6.45) is 3.21. The van der Waals surface area contributed by atoms with Crippen LogP contribution in [0.15, 0.2) is 17.0 Å². The standard InChI is InChI=1S/C8H8N4OS/c1-2-14-4-7-6(3-10-12(1)7)8-9-5-11-13-8/h3,5H,1-2,4H2. The molecular formula is C8H8N4OS. The first-order valence-electron chi connectivity index (χ1n) is 4.34. The Labute approximate surface area is 84.5 Å². The van der Waals surface area contributed by atoms with Crippen LogP contribution in [0.3, 0.4) is 0 Å². The molecule has 0 saturated carbocycles. The lowest BCUT2D eigenvalue weighted by Gasteiger charge is -2.13. The molecule has 2 aromatic rings. The summed E-state index contributed by atoms with van der Waals surface area (Å²) >= 11 is 1.90. The van der Waals surface area contributed by atoms with Crippen molar-refractivity contribution in [3.05, 3.63) is 18.2 Å². The highest BCUT2D eigenvalue weighted by Crippen LogP contribution is 2.27. The maximum absolute atomic E-state index is 5.02. The molecule has 14 heavy (non-hydrogen) atoms. The smallest absolute Gasteiger partial charge is 0.261 e. The molecule has 2 aromatic heterocycles. The van der Waals surface area contributed by atoms with Gasteiger partial charge in [0.1, 0.15) is 0 Å². The van der Waals surface area contributed by atoms with Crippen LogP contribution in [0.4, 0.5) is 0 Å². The second-order valence-electron chi connectivity index (χ2n) is 3.03. The third-order valence-electron chi connectivity index (χ3n) is 2.23. The van der Waals surface area contributed by atoms with Crippen LogP contribution >= 0.6 is 11.8 Å². The van der Waals surface area contributed by atoms with Crippen molar-refractivity contribution in [1.82, 2.24) is 19.9 Å². The number of hydrogen-bond acceptors (Lipinski definition) is 5. The van der Waals surface area contributed by atoms with Gasteiger partial charge in [-0.2, -0.15) is 21.8 Å². The molecule has 0 amide bonds. The molecule has 1 aliphatic rings. The predicted octanol–water partition coefficient (Wildman–Crippen LogP) is 1.18. The third kappa shape index (κ3) is 1.14. The second kappa shape index (κ2) is 3.13. The zero-order chi connectivity index (χ0) is 9.38. The van der Waals surface area contributed by atoms with Crippen LogP contribution < -0.4 is 0 Å². The summed E-state index contributed by atoms with van der Waals surface area (Å²) in [5.41, 5.74) is 2.15. The SMILES string of the molecule is c1noc(-c2cnn3c2CSCC3)n1. The summed E-state index contributed by atoms with van der Waals surface area (Å²) in [7, 11) is 0. The minimum Gasteiger partial charge on any atom is -0.334 e. The van der Waals surface area contributed by atoms with Crippen LogP contribution in [0.25, 0.3) is 11.5 Å². The topological polar surface area (TPSA) is 56.7 Å². The molecule has 1 aliphatic heterocycles. The van der Waals surface area contributed by atoms with E-state index in [0.29, 0.717) is 5.89 Å². The van der Waals surface area contributed by atoms with E-state index in [2.05, 4.69) is 15.2 Å². The first-order valence-corrected chi connectivity index (χ1v) is 5.50. The van der Waals surface area contributed by atoms with Crippen LogP contribution in [-0.2, 0) is 12.3 Å². The maximum atomic E-state index is 5.02. The van der Waals surface area contributed by atoms with Gasteiger partial charge in [-0.3, -0.25) is 4.68 Å². The van der Waals surface area contributed by atoms with Crippen molar-refractivity contribution in [2.45, 2.75) is 12.3 Å². The van der Waals surface area contributed by atoms with Crippen molar-refractivity contribution in [2.24, 2.45) is 0 Å². The second-order valence-corrected chi connectivity index (χ2v) is 4.13. The summed E-state index contributed by atoms with van der Waals surface area (Å²) in [5, 5.41) is 7.89. The highest BCUT2D eigenvalue weighted by atomic mass is 32.2. The van der Waals surface area contributed by atoms with Gasteiger partial charge >= 0.3 is 0 Å². The van der Waals surface area contributed by atoms with Crippen molar-refractivity contribution in [3.8, 4) is 11.5 Å². The lowest BCUT2D eigenvalue weighted by atomic mass is 10.2. The Morgan fingerprint density at radius 1 is 1.50 bits per heavy atom. The minimum absolute atomic E-state index is 0.564. The van der Waals surface area contributed by atoms with Gasteiger partial charge in [0.2, 0.25) is 0 Å². The Kier molecular flexibility index (Phi) is 1.80. The molecule has 0 radical (unpaired) electrons. The summed E-state index contributed by atoms with van der Waals surface area (Å²) in [4.78, 5) is 4.03. The monoisotopic (exact) mass is 208 g/mol. The zero-order valence-electron chi connectivity index (χ0n) is 7.38. The van der Waals surface area contributed by atoms with E-state index in [9.17, 15) is 0 Å². The lowest BCUT2D eigenvalue weighted by molar-refractivity contribution is 0.429. The van der Waals surface area contributed by atoms with E-state index >= 15 is 0 Å². The average molecular weight is 208 g/mol. The van der Waals surface area contributed by atoms with E-state index in [1.165, 1.54) is 12.0 Å². The Morgan fingerprint density at radius 3 is 3.36 bits per heavy atom. The molecule has 3 heterocycles. The number of nitrogens with zero attached hydrogens (tertiary/aromatic N) is 4. The maximum Gasteiger partial charge on any atom is 0.261 e. The van der Waals surface area contributed by atoms with Gasteiger partial charge in [-0.15, -0.1) is 0 Å². The summed E-state index contributed by atoms with van der Waals surface area (Å²) in [6.45, 7) is 0.966. The van der Waals surface area contributed by atoms with Crippen LogP contribution in [-0.4, -0.2) is 25.7 Å². The van der Waals surface area contributed by atoms with E-state index < -0.39 is 0 Å². The summed E-state index contributed by atoms with van der Waals surface area (Å²) in [6, 6.07) is 0. The van der Waals surface area contributed by atoms with Crippen molar-refractivity contribution in [1.29, 1.82) is 0 Å². The summed E-state index contributed by atoms with van der Waals surface area (Å²) < 4.78 is 7.03. The highest BCUT2D eigenvalue weighted by molar-refractivity contribution is 7.98.